The summed E-state index contributed by atoms with van der Waals surface area (Å²) in [5.74, 6) is -0.692. The first kappa shape index (κ1) is 29.2. The van der Waals surface area contributed by atoms with Gasteiger partial charge in [0.2, 0.25) is 17.7 Å². The van der Waals surface area contributed by atoms with E-state index in [-0.39, 0.29) is 30.6 Å². The molecule has 0 aromatic heterocycles. The summed E-state index contributed by atoms with van der Waals surface area (Å²) in [5, 5.41) is 5.85. The number of ether oxygens (including phenoxy) is 3. The van der Waals surface area contributed by atoms with Crippen LogP contribution in [0.4, 0.5) is 0 Å². The quantitative estimate of drug-likeness (QED) is 0.178. The van der Waals surface area contributed by atoms with Crippen molar-refractivity contribution in [1.29, 1.82) is 0 Å². The summed E-state index contributed by atoms with van der Waals surface area (Å²) >= 11 is 0. The Kier molecular flexibility index (Phi) is 17.9. The van der Waals surface area contributed by atoms with Gasteiger partial charge in [-0.1, -0.05) is 20.8 Å². The van der Waals surface area contributed by atoms with Gasteiger partial charge in [0.05, 0.1) is 26.4 Å². The van der Waals surface area contributed by atoms with Gasteiger partial charge >= 0.3 is 0 Å². The third kappa shape index (κ3) is 19.9. The van der Waals surface area contributed by atoms with Gasteiger partial charge in [-0.2, -0.15) is 0 Å². The maximum absolute atomic E-state index is 11.8. The zero-order valence-corrected chi connectivity index (χ0v) is 19.6. The van der Waals surface area contributed by atoms with Crippen molar-refractivity contribution in [2.75, 3.05) is 59.8 Å². The number of nitrogens with one attached hydrogen (secondary N) is 4. The van der Waals surface area contributed by atoms with Gasteiger partial charge in [0.15, 0.2) is 0 Å². The summed E-state index contributed by atoms with van der Waals surface area (Å²) < 4.78 is 16.3. The van der Waals surface area contributed by atoms with Crippen LogP contribution in [-0.2, 0) is 28.6 Å². The molecule has 0 bridgehead atoms. The molecule has 4 N–H and O–H groups in total. The van der Waals surface area contributed by atoms with E-state index >= 15 is 0 Å². The first-order chi connectivity index (χ1) is 14.8. The Morgan fingerprint density at radius 3 is 1.74 bits per heavy atom. The van der Waals surface area contributed by atoms with Crippen LogP contribution < -0.4 is 21.5 Å². The summed E-state index contributed by atoms with van der Waals surface area (Å²) in [6.07, 6.45) is 2.53. The van der Waals surface area contributed by atoms with Gasteiger partial charge in [0.25, 0.3) is 0 Å². The Bertz CT molecular complexity index is 497. The summed E-state index contributed by atoms with van der Waals surface area (Å²) in [6.45, 7) is 10.2. The fourth-order valence-corrected chi connectivity index (χ4v) is 2.17. The number of carbonyl (C=O) groups excluding carboxylic acids is 3. The van der Waals surface area contributed by atoms with Gasteiger partial charge in [0, 0.05) is 38.0 Å². The smallest absolute Gasteiger partial charge is 0.243 e. The molecule has 31 heavy (non-hydrogen) atoms. The Hall–Kier alpha value is -1.75. The molecule has 0 radical (unpaired) electrons. The van der Waals surface area contributed by atoms with E-state index in [9.17, 15) is 14.4 Å². The molecule has 0 saturated heterocycles. The van der Waals surface area contributed by atoms with Crippen molar-refractivity contribution < 1.29 is 28.6 Å². The molecule has 0 atom stereocenters. The molecular formula is C21H42N4O6. The molecule has 0 aromatic rings. The third-order valence-corrected chi connectivity index (χ3v) is 4.05. The van der Waals surface area contributed by atoms with E-state index < -0.39 is 5.41 Å². The van der Waals surface area contributed by atoms with Crippen LogP contribution in [0.15, 0.2) is 0 Å². The minimum atomic E-state index is -0.579. The van der Waals surface area contributed by atoms with Crippen molar-refractivity contribution in [3.63, 3.8) is 0 Å². The third-order valence-electron chi connectivity index (χ3n) is 4.05. The molecule has 0 heterocycles. The molecule has 0 aliphatic carbocycles. The zero-order valence-electron chi connectivity index (χ0n) is 19.6. The second-order valence-electron chi connectivity index (χ2n) is 8.10. The van der Waals surface area contributed by atoms with Crippen molar-refractivity contribution >= 4 is 17.7 Å². The molecule has 10 nitrogen and oxygen atoms in total. The maximum atomic E-state index is 11.8. The molecule has 0 unspecified atom stereocenters. The second-order valence-corrected chi connectivity index (χ2v) is 8.10. The monoisotopic (exact) mass is 446 g/mol. The second kappa shape index (κ2) is 19.0. The molecule has 0 aromatic carbocycles. The van der Waals surface area contributed by atoms with Gasteiger partial charge in [-0.15, -0.1) is 0 Å². The van der Waals surface area contributed by atoms with Gasteiger partial charge in [-0.3, -0.25) is 25.2 Å². The topological polar surface area (TPSA) is 127 Å². The zero-order chi connectivity index (χ0) is 23.4. The van der Waals surface area contributed by atoms with E-state index in [0.29, 0.717) is 52.4 Å². The van der Waals surface area contributed by atoms with E-state index in [2.05, 4.69) is 21.5 Å². The van der Waals surface area contributed by atoms with Gasteiger partial charge in [-0.25, -0.2) is 0 Å². The summed E-state index contributed by atoms with van der Waals surface area (Å²) in [6, 6.07) is 0. The van der Waals surface area contributed by atoms with Crippen molar-refractivity contribution in [1.82, 2.24) is 21.5 Å². The normalized spacial score (nSPS) is 11.2. The number of carbonyl (C=O) groups is 3. The predicted octanol–water partition coefficient (Wildman–Crippen LogP) is 0.516. The highest BCUT2D eigenvalue weighted by Crippen LogP contribution is 2.11. The molecule has 0 rings (SSSR count). The van der Waals surface area contributed by atoms with Crippen molar-refractivity contribution in [3.05, 3.63) is 0 Å². The maximum Gasteiger partial charge on any atom is 0.243 e. The van der Waals surface area contributed by atoms with E-state index in [1.165, 1.54) is 0 Å². The Balaban J connectivity index is 3.40. The number of rotatable bonds is 18. The fraction of sp³-hybridized carbons (Fsp3) is 0.857. The lowest BCUT2D eigenvalue weighted by Crippen LogP contribution is -2.46. The highest BCUT2D eigenvalue weighted by Gasteiger charge is 2.21. The van der Waals surface area contributed by atoms with E-state index in [1.807, 2.05) is 7.05 Å². The van der Waals surface area contributed by atoms with Crippen LogP contribution >= 0.6 is 0 Å². The van der Waals surface area contributed by atoms with Gasteiger partial charge in [0.1, 0.15) is 0 Å². The van der Waals surface area contributed by atoms with Crippen LogP contribution in [0.5, 0.6) is 0 Å². The number of hydrogen-bond donors (Lipinski definition) is 4. The molecule has 0 spiro atoms. The van der Waals surface area contributed by atoms with Crippen LogP contribution in [0, 0.1) is 5.41 Å². The van der Waals surface area contributed by atoms with Crippen molar-refractivity contribution in [3.8, 4) is 0 Å². The Morgan fingerprint density at radius 1 is 0.677 bits per heavy atom. The summed E-state index contributed by atoms with van der Waals surface area (Å²) in [5.41, 5.74) is 4.15. The van der Waals surface area contributed by atoms with E-state index in [1.54, 1.807) is 20.8 Å². The average Bonchev–Trinajstić information content (AvgIpc) is 2.71. The van der Waals surface area contributed by atoms with Crippen LogP contribution in [0.25, 0.3) is 0 Å². The highest BCUT2D eigenvalue weighted by atomic mass is 16.5. The largest absolute Gasteiger partial charge is 0.379 e. The molecule has 0 aliphatic heterocycles. The fourth-order valence-electron chi connectivity index (χ4n) is 2.17. The number of hydrazine groups is 1. The predicted molar refractivity (Wildman–Crippen MR) is 118 cm³/mol. The number of hydrogen-bond acceptors (Lipinski definition) is 7. The first-order valence-electron chi connectivity index (χ1n) is 11.0. The molecule has 10 heteroatoms. The van der Waals surface area contributed by atoms with Gasteiger partial charge < -0.3 is 24.8 Å². The standard InChI is InChI=1S/C21H42N4O6/c1-21(2,3)20(28)25-24-19(27)9-5-8-18(26)23-11-7-13-30-15-17-31-16-14-29-12-6-10-22-4/h22H,5-17H2,1-4H3,(H,23,26)(H,24,27)(H,25,28). The van der Waals surface area contributed by atoms with Crippen LogP contribution in [0.3, 0.4) is 0 Å². The number of amides is 3. The summed E-state index contributed by atoms with van der Waals surface area (Å²) in [4.78, 5) is 35.1. The summed E-state index contributed by atoms with van der Waals surface area (Å²) in [7, 11) is 1.92. The first-order valence-corrected chi connectivity index (χ1v) is 11.0. The van der Waals surface area contributed by atoms with Crippen LogP contribution in [0.1, 0.15) is 52.9 Å². The van der Waals surface area contributed by atoms with E-state index in [0.717, 1.165) is 19.6 Å². The lowest BCUT2D eigenvalue weighted by molar-refractivity contribution is -0.133. The van der Waals surface area contributed by atoms with Crippen molar-refractivity contribution in [2.24, 2.45) is 5.41 Å². The molecule has 3 amide bonds. The van der Waals surface area contributed by atoms with Crippen molar-refractivity contribution in [2.45, 2.75) is 52.9 Å². The minimum Gasteiger partial charge on any atom is -0.379 e. The SMILES string of the molecule is CNCCCOCCOCCOCCCNC(=O)CCCC(=O)NNC(=O)C(C)(C)C. The Morgan fingerprint density at radius 2 is 1.19 bits per heavy atom. The van der Waals surface area contributed by atoms with Crippen LogP contribution in [0.2, 0.25) is 0 Å². The average molecular weight is 447 g/mol. The van der Waals surface area contributed by atoms with Gasteiger partial charge in [-0.05, 0) is 32.9 Å². The molecule has 0 saturated carbocycles. The lowest BCUT2D eigenvalue weighted by Gasteiger charge is -2.17. The molecule has 0 aliphatic rings. The molecule has 0 fully saturated rings. The molecular weight excluding hydrogens is 404 g/mol. The lowest BCUT2D eigenvalue weighted by atomic mass is 9.96. The Labute approximate surface area is 186 Å². The minimum absolute atomic E-state index is 0.107. The molecule has 182 valence electrons. The highest BCUT2D eigenvalue weighted by molar-refractivity contribution is 5.85. The van der Waals surface area contributed by atoms with Crippen LogP contribution in [-0.4, -0.2) is 77.5 Å². The van der Waals surface area contributed by atoms with E-state index in [4.69, 9.17) is 14.2 Å².